The quantitative estimate of drug-likeness (QED) is 0.907. The van der Waals surface area contributed by atoms with E-state index in [0.717, 1.165) is 11.1 Å². The highest BCUT2D eigenvalue weighted by Gasteiger charge is 2.02. The minimum absolute atomic E-state index is 0.427. The Hall–Kier alpha value is -1.74. The molecule has 0 aliphatic rings. The Kier molecular flexibility index (Phi) is 3.49. The van der Waals surface area contributed by atoms with Gasteiger partial charge in [0.1, 0.15) is 18.2 Å². The van der Waals surface area contributed by atoms with Crippen molar-refractivity contribution in [1.82, 2.24) is 4.98 Å². The Balaban J connectivity index is 2.07. The number of ether oxygens (including phenoxy) is 1. The largest absolute Gasteiger partial charge is 0.487 e. The van der Waals surface area contributed by atoms with E-state index in [4.69, 9.17) is 22.1 Å². The zero-order chi connectivity index (χ0) is 12.3. The fourth-order valence-corrected chi connectivity index (χ4v) is 1.58. The third kappa shape index (κ3) is 3.11. The number of hydrogen-bond acceptors (Lipinski definition) is 3. The van der Waals surface area contributed by atoms with Gasteiger partial charge in [-0.25, -0.2) is 4.98 Å². The number of nitrogens with two attached hydrogens (primary N) is 1. The van der Waals surface area contributed by atoms with Crippen LogP contribution in [0.15, 0.2) is 36.5 Å². The average molecular weight is 249 g/mol. The first-order valence-electron chi connectivity index (χ1n) is 5.24. The summed E-state index contributed by atoms with van der Waals surface area (Å²) in [6.07, 6.45) is 1.69. The molecule has 0 atom stereocenters. The van der Waals surface area contributed by atoms with E-state index in [0.29, 0.717) is 23.2 Å². The number of rotatable bonds is 3. The highest BCUT2D eigenvalue weighted by molar-refractivity contribution is 6.32. The van der Waals surface area contributed by atoms with E-state index in [9.17, 15) is 0 Å². The van der Waals surface area contributed by atoms with Crippen LogP contribution < -0.4 is 10.5 Å². The number of hydrogen-bond donors (Lipinski definition) is 1. The Morgan fingerprint density at radius 3 is 2.82 bits per heavy atom. The van der Waals surface area contributed by atoms with E-state index in [1.807, 2.05) is 31.2 Å². The zero-order valence-corrected chi connectivity index (χ0v) is 10.2. The second kappa shape index (κ2) is 5.06. The van der Waals surface area contributed by atoms with Crippen molar-refractivity contribution in [2.45, 2.75) is 13.5 Å². The molecule has 0 aliphatic heterocycles. The second-order valence-electron chi connectivity index (χ2n) is 3.81. The van der Waals surface area contributed by atoms with E-state index in [1.54, 1.807) is 12.3 Å². The molecular formula is C13H13ClN2O. The number of nitrogens with zero attached hydrogens (tertiary/aromatic N) is 1. The monoisotopic (exact) mass is 248 g/mol. The number of halogens is 1. The SMILES string of the molecule is Cc1ccc(Cl)c(OCc2ccc(N)nc2)c1. The van der Waals surface area contributed by atoms with Crippen molar-refractivity contribution in [3.05, 3.63) is 52.7 Å². The maximum absolute atomic E-state index is 6.03. The van der Waals surface area contributed by atoms with Gasteiger partial charge in [0, 0.05) is 11.8 Å². The maximum atomic E-state index is 6.03. The summed E-state index contributed by atoms with van der Waals surface area (Å²) in [5.41, 5.74) is 7.57. The summed E-state index contributed by atoms with van der Waals surface area (Å²) in [5, 5.41) is 0.610. The highest BCUT2D eigenvalue weighted by atomic mass is 35.5. The summed E-state index contributed by atoms with van der Waals surface area (Å²) in [4.78, 5) is 4.00. The molecule has 88 valence electrons. The second-order valence-corrected chi connectivity index (χ2v) is 4.22. The fourth-order valence-electron chi connectivity index (χ4n) is 1.40. The number of aromatic nitrogens is 1. The smallest absolute Gasteiger partial charge is 0.138 e. The minimum Gasteiger partial charge on any atom is -0.487 e. The first-order valence-corrected chi connectivity index (χ1v) is 5.62. The number of benzene rings is 1. The molecule has 2 N–H and O–H groups in total. The van der Waals surface area contributed by atoms with Crippen LogP contribution in [0.4, 0.5) is 5.82 Å². The molecule has 1 heterocycles. The summed E-state index contributed by atoms with van der Waals surface area (Å²) in [7, 11) is 0. The van der Waals surface area contributed by atoms with Crippen LogP contribution in [0.2, 0.25) is 5.02 Å². The third-order valence-electron chi connectivity index (χ3n) is 2.33. The van der Waals surface area contributed by atoms with Crippen LogP contribution in [0.3, 0.4) is 0 Å². The number of anilines is 1. The van der Waals surface area contributed by atoms with Gasteiger partial charge in [0.05, 0.1) is 5.02 Å². The molecule has 0 saturated heterocycles. The molecule has 0 saturated carbocycles. The summed E-state index contributed by atoms with van der Waals surface area (Å²) in [5.74, 6) is 1.19. The molecule has 0 aliphatic carbocycles. The molecule has 0 bridgehead atoms. The van der Waals surface area contributed by atoms with Gasteiger partial charge in [-0.1, -0.05) is 23.7 Å². The predicted octanol–water partition coefficient (Wildman–Crippen LogP) is 3.20. The van der Waals surface area contributed by atoms with Crippen LogP contribution in [0.25, 0.3) is 0 Å². The van der Waals surface area contributed by atoms with E-state index >= 15 is 0 Å². The molecule has 17 heavy (non-hydrogen) atoms. The van der Waals surface area contributed by atoms with Crippen molar-refractivity contribution < 1.29 is 4.74 Å². The number of pyridine rings is 1. The van der Waals surface area contributed by atoms with E-state index in [2.05, 4.69) is 4.98 Å². The van der Waals surface area contributed by atoms with Crippen molar-refractivity contribution in [3.63, 3.8) is 0 Å². The molecule has 0 radical (unpaired) electrons. The summed E-state index contributed by atoms with van der Waals surface area (Å²) in [6.45, 7) is 2.42. The first kappa shape index (κ1) is 11.7. The lowest BCUT2D eigenvalue weighted by atomic mass is 10.2. The van der Waals surface area contributed by atoms with Crippen LogP contribution in [0.1, 0.15) is 11.1 Å². The van der Waals surface area contributed by atoms with Gasteiger partial charge in [0.15, 0.2) is 0 Å². The topological polar surface area (TPSA) is 48.1 Å². The van der Waals surface area contributed by atoms with Crippen molar-refractivity contribution >= 4 is 17.4 Å². The number of aryl methyl sites for hydroxylation is 1. The van der Waals surface area contributed by atoms with E-state index < -0.39 is 0 Å². The summed E-state index contributed by atoms with van der Waals surface area (Å²) in [6, 6.07) is 9.31. The van der Waals surface area contributed by atoms with Crippen molar-refractivity contribution in [2.24, 2.45) is 0 Å². The Morgan fingerprint density at radius 1 is 1.29 bits per heavy atom. The number of nitrogen functional groups attached to an aromatic ring is 1. The summed E-state index contributed by atoms with van der Waals surface area (Å²) < 4.78 is 5.63. The molecule has 4 heteroatoms. The molecule has 0 unspecified atom stereocenters. The van der Waals surface area contributed by atoms with Crippen LogP contribution in [-0.2, 0) is 6.61 Å². The van der Waals surface area contributed by atoms with Gasteiger partial charge in [-0.3, -0.25) is 0 Å². The molecule has 3 nitrogen and oxygen atoms in total. The Bertz CT molecular complexity index is 511. The molecule has 0 fully saturated rings. The predicted molar refractivity (Wildman–Crippen MR) is 69.2 cm³/mol. The van der Waals surface area contributed by atoms with E-state index in [1.165, 1.54) is 0 Å². The van der Waals surface area contributed by atoms with Crippen LogP contribution >= 0.6 is 11.6 Å². The molecule has 0 amide bonds. The fraction of sp³-hybridized carbons (Fsp3) is 0.154. The average Bonchev–Trinajstić information content (AvgIpc) is 2.32. The Labute approximate surface area is 105 Å². The third-order valence-corrected chi connectivity index (χ3v) is 2.64. The Morgan fingerprint density at radius 2 is 2.12 bits per heavy atom. The van der Waals surface area contributed by atoms with Gasteiger partial charge in [-0.2, -0.15) is 0 Å². The van der Waals surface area contributed by atoms with Gasteiger partial charge < -0.3 is 10.5 Å². The summed E-state index contributed by atoms with van der Waals surface area (Å²) >= 11 is 6.03. The normalized spacial score (nSPS) is 10.2. The minimum atomic E-state index is 0.427. The lowest BCUT2D eigenvalue weighted by Crippen LogP contribution is -1.98. The standard InChI is InChI=1S/C13H13ClN2O/c1-9-2-4-11(14)12(6-9)17-8-10-3-5-13(15)16-7-10/h2-7H,8H2,1H3,(H2,15,16). The van der Waals surface area contributed by atoms with Crippen molar-refractivity contribution in [3.8, 4) is 5.75 Å². The maximum Gasteiger partial charge on any atom is 0.138 e. The van der Waals surface area contributed by atoms with Crippen LogP contribution in [-0.4, -0.2) is 4.98 Å². The highest BCUT2D eigenvalue weighted by Crippen LogP contribution is 2.25. The molecule has 0 spiro atoms. The van der Waals surface area contributed by atoms with Gasteiger partial charge in [-0.15, -0.1) is 0 Å². The van der Waals surface area contributed by atoms with E-state index in [-0.39, 0.29) is 0 Å². The van der Waals surface area contributed by atoms with Crippen LogP contribution in [0, 0.1) is 6.92 Å². The lowest BCUT2D eigenvalue weighted by Gasteiger charge is -2.08. The van der Waals surface area contributed by atoms with Gasteiger partial charge in [0.25, 0.3) is 0 Å². The van der Waals surface area contributed by atoms with Crippen LogP contribution in [0.5, 0.6) is 5.75 Å². The van der Waals surface area contributed by atoms with Gasteiger partial charge >= 0.3 is 0 Å². The van der Waals surface area contributed by atoms with Crippen molar-refractivity contribution in [1.29, 1.82) is 0 Å². The van der Waals surface area contributed by atoms with Crippen molar-refractivity contribution in [2.75, 3.05) is 5.73 Å². The lowest BCUT2D eigenvalue weighted by molar-refractivity contribution is 0.306. The molecule has 2 aromatic rings. The molecule has 1 aromatic heterocycles. The first-order chi connectivity index (χ1) is 8.15. The molecule has 2 rings (SSSR count). The van der Waals surface area contributed by atoms with Gasteiger partial charge in [-0.05, 0) is 30.7 Å². The molecule has 1 aromatic carbocycles. The van der Waals surface area contributed by atoms with Gasteiger partial charge in [0.2, 0.25) is 0 Å². The zero-order valence-electron chi connectivity index (χ0n) is 9.48. The molecular weight excluding hydrogens is 236 g/mol.